The Balaban J connectivity index is 1.60. The summed E-state index contributed by atoms with van der Waals surface area (Å²) in [7, 11) is 4.75. The van der Waals surface area contributed by atoms with Gasteiger partial charge in [0.05, 0.1) is 34.3 Å². The summed E-state index contributed by atoms with van der Waals surface area (Å²) in [6.45, 7) is 0.170. The molecule has 8 nitrogen and oxygen atoms in total. The number of aromatic amines is 1. The smallest absolute Gasteiger partial charge is 0.247 e. The van der Waals surface area contributed by atoms with Crippen LogP contribution < -0.4 is 19.5 Å². The lowest BCUT2D eigenvalue weighted by molar-refractivity contribution is -0.141. The highest BCUT2D eigenvalue weighted by atomic mass is 16.5. The number of methoxy groups -OCH3 is 3. The van der Waals surface area contributed by atoms with E-state index in [1.807, 2.05) is 60.8 Å². The highest BCUT2D eigenvalue weighted by molar-refractivity contribution is 5.93. The number of carbonyl (C=O) groups is 2. The van der Waals surface area contributed by atoms with E-state index >= 15 is 0 Å². The fourth-order valence-electron chi connectivity index (χ4n) is 5.90. The van der Waals surface area contributed by atoms with Gasteiger partial charge in [0.1, 0.15) is 23.3 Å². The minimum Gasteiger partial charge on any atom is -0.497 e. The van der Waals surface area contributed by atoms with E-state index in [4.69, 9.17) is 14.2 Å². The zero-order chi connectivity index (χ0) is 29.5. The van der Waals surface area contributed by atoms with E-state index in [-0.39, 0.29) is 30.8 Å². The van der Waals surface area contributed by atoms with Gasteiger partial charge in [0.2, 0.25) is 11.8 Å². The van der Waals surface area contributed by atoms with Crippen LogP contribution in [0.15, 0.2) is 72.9 Å². The van der Waals surface area contributed by atoms with Gasteiger partial charge in [-0.1, -0.05) is 55.7 Å². The van der Waals surface area contributed by atoms with E-state index < -0.39 is 6.04 Å². The molecule has 8 heteroatoms. The van der Waals surface area contributed by atoms with Crippen molar-refractivity contribution >= 4 is 22.7 Å². The fraction of sp³-hybridized carbons (Fsp3) is 0.353. The minimum absolute atomic E-state index is 0.0647. The Kier molecular flexibility index (Phi) is 9.31. The van der Waals surface area contributed by atoms with E-state index in [9.17, 15) is 9.59 Å². The number of aromatic nitrogens is 1. The second kappa shape index (κ2) is 13.5. The van der Waals surface area contributed by atoms with Crippen LogP contribution in [0.5, 0.6) is 17.2 Å². The number of H-pyrrole nitrogens is 1. The highest BCUT2D eigenvalue weighted by Crippen LogP contribution is 2.36. The SMILES string of the molecule is COc1ccc([C@H](C(=O)NC2CCCCC2)N(Cc2ccccc2OC)C(=O)Cc2c[nH]c3ccccc23)c(OC)c1. The number of hydrogen-bond acceptors (Lipinski definition) is 5. The summed E-state index contributed by atoms with van der Waals surface area (Å²) < 4.78 is 16.9. The fourth-order valence-corrected chi connectivity index (χ4v) is 5.90. The molecule has 1 fully saturated rings. The molecule has 1 aliphatic carbocycles. The second-order valence-electron chi connectivity index (χ2n) is 10.7. The Bertz CT molecular complexity index is 1520. The molecule has 1 aromatic heterocycles. The molecule has 5 rings (SSSR count). The zero-order valence-corrected chi connectivity index (χ0v) is 24.5. The number of hydrogen-bond donors (Lipinski definition) is 2. The van der Waals surface area contributed by atoms with Crippen LogP contribution in [0.2, 0.25) is 0 Å². The van der Waals surface area contributed by atoms with Crippen LogP contribution in [0.4, 0.5) is 0 Å². The second-order valence-corrected chi connectivity index (χ2v) is 10.7. The van der Waals surface area contributed by atoms with Gasteiger partial charge in [-0.05, 0) is 42.7 Å². The first-order valence-corrected chi connectivity index (χ1v) is 14.5. The van der Waals surface area contributed by atoms with Crippen molar-refractivity contribution in [2.75, 3.05) is 21.3 Å². The number of carbonyl (C=O) groups excluding carboxylic acids is 2. The Morgan fingerprint density at radius 1 is 0.881 bits per heavy atom. The van der Waals surface area contributed by atoms with Crippen molar-refractivity contribution in [1.82, 2.24) is 15.2 Å². The lowest BCUT2D eigenvalue weighted by Gasteiger charge is -2.34. The normalized spacial score (nSPS) is 14.3. The molecule has 42 heavy (non-hydrogen) atoms. The number of rotatable bonds is 11. The first kappa shape index (κ1) is 29.0. The van der Waals surface area contributed by atoms with E-state index in [0.29, 0.717) is 22.8 Å². The van der Waals surface area contributed by atoms with Crippen LogP contribution in [-0.2, 0) is 22.6 Å². The predicted molar refractivity (Wildman–Crippen MR) is 163 cm³/mol. The lowest BCUT2D eigenvalue weighted by atomic mass is 9.94. The van der Waals surface area contributed by atoms with Gasteiger partial charge in [-0.15, -0.1) is 0 Å². The zero-order valence-electron chi connectivity index (χ0n) is 24.5. The lowest BCUT2D eigenvalue weighted by Crippen LogP contribution is -2.47. The number of ether oxygens (including phenoxy) is 3. The molecule has 3 aromatic carbocycles. The number of fused-ring (bicyclic) bond motifs is 1. The molecular weight excluding hydrogens is 530 g/mol. The first-order chi connectivity index (χ1) is 20.5. The molecule has 2 amide bonds. The maximum atomic E-state index is 14.4. The number of amides is 2. The van der Waals surface area contributed by atoms with Crippen LogP contribution in [0.3, 0.4) is 0 Å². The molecule has 0 radical (unpaired) electrons. The molecule has 2 N–H and O–H groups in total. The van der Waals surface area contributed by atoms with Crippen LogP contribution in [-0.4, -0.2) is 49.1 Å². The molecule has 1 heterocycles. The van der Waals surface area contributed by atoms with E-state index in [0.717, 1.165) is 47.7 Å². The van der Waals surface area contributed by atoms with Gasteiger partial charge in [-0.25, -0.2) is 0 Å². The molecule has 0 spiro atoms. The van der Waals surface area contributed by atoms with Gasteiger partial charge in [0.25, 0.3) is 0 Å². The van der Waals surface area contributed by atoms with Crippen molar-refractivity contribution in [2.45, 2.75) is 57.2 Å². The van der Waals surface area contributed by atoms with Crippen molar-refractivity contribution in [3.05, 3.63) is 89.6 Å². The number of nitrogens with zero attached hydrogens (tertiary/aromatic N) is 1. The summed E-state index contributed by atoms with van der Waals surface area (Å²) >= 11 is 0. The van der Waals surface area contributed by atoms with Crippen molar-refractivity contribution in [3.8, 4) is 17.2 Å². The van der Waals surface area contributed by atoms with Gasteiger partial charge < -0.3 is 29.4 Å². The third kappa shape index (κ3) is 6.38. The van der Waals surface area contributed by atoms with E-state index in [1.165, 1.54) is 6.42 Å². The Morgan fingerprint density at radius 3 is 2.38 bits per heavy atom. The molecule has 1 aliphatic rings. The van der Waals surface area contributed by atoms with Gasteiger partial charge in [0, 0.05) is 40.3 Å². The Hall–Kier alpha value is -4.46. The largest absolute Gasteiger partial charge is 0.497 e. The van der Waals surface area contributed by atoms with Crippen LogP contribution in [0, 0.1) is 0 Å². The molecular formula is C34H39N3O5. The van der Waals surface area contributed by atoms with Crippen molar-refractivity contribution in [1.29, 1.82) is 0 Å². The summed E-state index contributed by atoms with van der Waals surface area (Å²) in [6.07, 6.45) is 7.16. The van der Waals surface area contributed by atoms with Crippen LogP contribution >= 0.6 is 0 Å². The topological polar surface area (TPSA) is 92.9 Å². The van der Waals surface area contributed by atoms with Crippen molar-refractivity contribution in [3.63, 3.8) is 0 Å². The number of nitrogens with one attached hydrogen (secondary N) is 2. The molecule has 220 valence electrons. The summed E-state index contributed by atoms with van der Waals surface area (Å²) in [5, 5.41) is 4.26. The maximum Gasteiger partial charge on any atom is 0.247 e. The standard InChI is InChI=1S/C34H39N3O5/c1-40-26-17-18-28(31(20-26)42-3)33(34(39)36-25-12-5-4-6-13-25)37(22-23-11-7-10-16-30(23)41-2)32(38)19-24-21-35-29-15-9-8-14-27(24)29/h7-11,14-18,20-21,25,33,35H,4-6,12-13,19,22H2,1-3H3,(H,36,39)/t33-/m1/s1. The summed E-state index contributed by atoms with van der Waals surface area (Å²) in [5.74, 6) is 1.31. The van der Waals surface area contributed by atoms with Crippen molar-refractivity contribution < 1.29 is 23.8 Å². The third-order valence-electron chi connectivity index (χ3n) is 8.12. The third-order valence-corrected chi connectivity index (χ3v) is 8.12. The number of para-hydroxylation sites is 2. The predicted octanol–water partition coefficient (Wildman–Crippen LogP) is 5.96. The van der Waals surface area contributed by atoms with Gasteiger partial charge in [-0.2, -0.15) is 0 Å². The minimum atomic E-state index is -0.949. The van der Waals surface area contributed by atoms with E-state index in [2.05, 4.69) is 10.3 Å². The van der Waals surface area contributed by atoms with Crippen LogP contribution in [0.25, 0.3) is 10.9 Å². The van der Waals surface area contributed by atoms with Crippen molar-refractivity contribution in [2.24, 2.45) is 0 Å². The number of benzene rings is 3. The monoisotopic (exact) mass is 569 g/mol. The summed E-state index contributed by atoms with van der Waals surface area (Å²) in [5.41, 5.74) is 3.22. The van der Waals surface area contributed by atoms with Gasteiger partial charge in [-0.3, -0.25) is 9.59 Å². The Labute approximate surface area is 247 Å². The first-order valence-electron chi connectivity index (χ1n) is 14.5. The molecule has 1 saturated carbocycles. The van der Waals surface area contributed by atoms with E-state index in [1.54, 1.807) is 38.4 Å². The molecule has 1 atom stereocenters. The quantitative estimate of drug-likeness (QED) is 0.233. The highest BCUT2D eigenvalue weighted by Gasteiger charge is 2.35. The molecule has 4 aromatic rings. The maximum absolute atomic E-state index is 14.4. The average Bonchev–Trinajstić information content (AvgIpc) is 3.44. The molecule has 0 saturated heterocycles. The van der Waals surface area contributed by atoms with Gasteiger partial charge in [0.15, 0.2) is 0 Å². The molecule has 0 unspecified atom stereocenters. The summed E-state index contributed by atoms with van der Waals surface area (Å²) in [6, 6.07) is 20.0. The molecule has 0 aliphatic heterocycles. The van der Waals surface area contributed by atoms with Gasteiger partial charge >= 0.3 is 0 Å². The average molecular weight is 570 g/mol. The summed E-state index contributed by atoms with van der Waals surface area (Å²) in [4.78, 5) is 33.6. The van der Waals surface area contributed by atoms with Crippen LogP contribution in [0.1, 0.15) is 54.8 Å². The molecule has 0 bridgehead atoms. The Morgan fingerprint density at radius 2 is 1.62 bits per heavy atom.